The van der Waals surface area contributed by atoms with Gasteiger partial charge in [-0.2, -0.15) is 0 Å². The maximum atomic E-state index is 12.2. The molecule has 7 nitrogen and oxygen atoms in total. The first-order chi connectivity index (χ1) is 12.7. The van der Waals surface area contributed by atoms with Gasteiger partial charge < -0.3 is 11.1 Å². The van der Waals surface area contributed by atoms with Crippen molar-refractivity contribution in [3.8, 4) is 0 Å². The van der Waals surface area contributed by atoms with Crippen LogP contribution >= 0.6 is 11.8 Å². The smallest absolute Gasteiger partial charge is 0.248 e. The van der Waals surface area contributed by atoms with Crippen molar-refractivity contribution in [1.82, 2.24) is 4.31 Å². The number of benzene rings is 2. The molecule has 9 heteroatoms. The molecule has 144 valence electrons. The number of amides is 2. The van der Waals surface area contributed by atoms with Crippen LogP contribution in [-0.2, 0) is 20.6 Å². The minimum Gasteiger partial charge on any atom is -0.366 e. The van der Waals surface area contributed by atoms with E-state index in [2.05, 4.69) is 5.32 Å². The number of carbonyl (C=O) groups is 2. The summed E-state index contributed by atoms with van der Waals surface area (Å²) < 4.78 is 25.5. The molecule has 0 atom stereocenters. The van der Waals surface area contributed by atoms with Crippen LogP contribution in [0.5, 0.6) is 0 Å². The van der Waals surface area contributed by atoms with Crippen LogP contribution in [0.4, 0.5) is 5.69 Å². The van der Waals surface area contributed by atoms with Crippen LogP contribution in [0.2, 0.25) is 0 Å². The van der Waals surface area contributed by atoms with Gasteiger partial charge in [0.1, 0.15) is 0 Å². The summed E-state index contributed by atoms with van der Waals surface area (Å²) in [7, 11) is -0.513. The molecule has 2 amide bonds. The van der Waals surface area contributed by atoms with E-state index in [1.54, 1.807) is 42.5 Å². The molecule has 0 fully saturated rings. The zero-order chi connectivity index (χ0) is 20.0. The van der Waals surface area contributed by atoms with Gasteiger partial charge in [-0.15, -0.1) is 11.8 Å². The molecular weight excluding hydrogens is 386 g/mol. The number of sulfonamides is 1. The van der Waals surface area contributed by atoms with Crippen molar-refractivity contribution in [3.05, 3.63) is 59.7 Å². The molecule has 0 aromatic heterocycles. The lowest BCUT2D eigenvalue weighted by atomic mass is 10.2. The van der Waals surface area contributed by atoms with Crippen molar-refractivity contribution < 1.29 is 18.0 Å². The van der Waals surface area contributed by atoms with Gasteiger partial charge in [-0.1, -0.05) is 12.1 Å². The lowest BCUT2D eigenvalue weighted by Crippen LogP contribution is -2.22. The standard InChI is InChI=1S/C18H21N3O4S2/c1-21(2)27(24,25)16-5-3-4-13(10-16)11-26-12-17(22)20-15-8-6-14(7-9-15)18(19)23/h3-10H,11-12H2,1-2H3,(H2,19,23)(H,20,22). The van der Waals surface area contributed by atoms with E-state index >= 15 is 0 Å². The van der Waals surface area contributed by atoms with Crippen LogP contribution < -0.4 is 11.1 Å². The molecule has 2 aromatic carbocycles. The normalized spacial score (nSPS) is 11.4. The number of anilines is 1. The second kappa shape index (κ2) is 9.03. The SMILES string of the molecule is CN(C)S(=O)(=O)c1cccc(CSCC(=O)Nc2ccc(C(N)=O)cc2)c1. The Labute approximate surface area is 163 Å². The van der Waals surface area contributed by atoms with Gasteiger partial charge >= 0.3 is 0 Å². The first-order valence-corrected chi connectivity index (χ1v) is 10.6. The van der Waals surface area contributed by atoms with E-state index in [-0.39, 0.29) is 16.6 Å². The summed E-state index contributed by atoms with van der Waals surface area (Å²) in [6, 6.07) is 13.0. The average molecular weight is 408 g/mol. The molecule has 0 radical (unpaired) electrons. The monoisotopic (exact) mass is 407 g/mol. The second-order valence-electron chi connectivity index (χ2n) is 5.92. The third-order valence-electron chi connectivity index (χ3n) is 3.63. The van der Waals surface area contributed by atoms with Crippen LogP contribution in [0.1, 0.15) is 15.9 Å². The molecule has 2 rings (SSSR count). The van der Waals surface area contributed by atoms with Crippen molar-refractivity contribution in [3.63, 3.8) is 0 Å². The average Bonchev–Trinajstić information content (AvgIpc) is 2.62. The van der Waals surface area contributed by atoms with E-state index in [0.29, 0.717) is 17.0 Å². The van der Waals surface area contributed by atoms with E-state index in [9.17, 15) is 18.0 Å². The summed E-state index contributed by atoms with van der Waals surface area (Å²) in [6.45, 7) is 0. The molecule has 3 N–H and O–H groups in total. The molecule has 0 aliphatic rings. The Balaban J connectivity index is 1.89. The highest BCUT2D eigenvalue weighted by atomic mass is 32.2. The maximum Gasteiger partial charge on any atom is 0.248 e. The molecule has 0 saturated carbocycles. The highest BCUT2D eigenvalue weighted by molar-refractivity contribution is 7.99. The predicted molar refractivity (Wildman–Crippen MR) is 107 cm³/mol. The maximum absolute atomic E-state index is 12.2. The fraction of sp³-hybridized carbons (Fsp3) is 0.222. The van der Waals surface area contributed by atoms with Crippen molar-refractivity contribution in [2.24, 2.45) is 5.73 Å². The highest BCUT2D eigenvalue weighted by Gasteiger charge is 2.17. The molecule has 0 heterocycles. The number of carbonyl (C=O) groups excluding carboxylic acids is 2. The quantitative estimate of drug-likeness (QED) is 0.695. The Hall–Kier alpha value is -2.36. The van der Waals surface area contributed by atoms with Crippen LogP contribution in [0.3, 0.4) is 0 Å². The topological polar surface area (TPSA) is 110 Å². The van der Waals surface area contributed by atoms with E-state index in [4.69, 9.17) is 5.73 Å². The molecule has 0 spiro atoms. The molecular formula is C18H21N3O4S2. The number of hydrogen-bond acceptors (Lipinski definition) is 5. The highest BCUT2D eigenvalue weighted by Crippen LogP contribution is 2.19. The summed E-state index contributed by atoms with van der Waals surface area (Å²) in [5, 5.41) is 2.73. The molecule has 0 aliphatic carbocycles. The number of nitrogens with one attached hydrogen (secondary N) is 1. The van der Waals surface area contributed by atoms with Gasteiger partial charge in [0.2, 0.25) is 21.8 Å². The van der Waals surface area contributed by atoms with Gasteiger partial charge in [-0.25, -0.2) is 12.7 Å². The molecule has 0 bridgehead atoms. The Morgan fingerprint density at radius 2 is 1.78 bits per heavy atom. The van der Waals surface area contributed by atoms with Gasteiger partial charge in [-0.05, 0) is 42.0 Å². The van der Waals surface area contributed by atoms with Gasteiger partial charge in [0.25, 0.3) is 0 Å². The third kappa shape index (κ3) is 5.81. The fourth-order valence-electron chi connectivity index (χ4n) is 2.18. The largest absolute Gasteiger partial charge is 0.366 e. The Morgan fingerprint density at radius 3 is 2.37 bits per heavy atom. The minimum absolute atomic E-state index is 0.191. The summed E-state index contributed by atoms with van der Waals surface area (Å²) >= 11 is 1.37. The lowest BCUT2D eigenvalue weighted by Gasteiger charge is -2.12. The lowest BCUT2D eigenvalue weighted by molar-refractivity contribution is -0.113. The second-order valence-corrected chi connectivity index (χ2v) is 9.05. The van der Waals surface area contributed by atoms with Gasteiger partial charge in [0.15, 0.2) is 0 Å². The number of primary amides is 1. The van der Waals surface area contributed by atoms with Crippen molar-refractivity contribution in [2.45, 2.75) is 10.6 Å². The molecule has 2 aromatic rings. The van der Waals surface area contributed by atoms with Crippen molar-refractivity contribution in [1.29, 1.82) is 0 Å². The van der Waals surface area contributed by atoms with Gasteiger partial charge in [-0.3, -0.25) is 9.59 Å². The van der Waals surface area contributed by atoms with Crippen molar-refractivity contribution >= 4 is 39.3 Å². The van der Waals surface area contributed by atoms with Crippen LogP contribution in [0.25, 0.3) is 0 Å². The number of nitrogens with zero attached hydrogens (tertiary/aromatic N) is 1. The molecule has 0 aliphatic heterocycles. The summed E-state index contributed by atoms with van der Waals surface area (Å²) in [6.07, 6.45) is 0. The Kier molecular flexibility index (Phi) is 7.00. The Bertz CT molecular complexity index is 926. The molecule has 27 heavy (non-hydrogen) atoms. The zero-order valence-electron chi connectivity index (χ0n) is 15.0. The van der Waals surface area contributed by atoms with Crippen LogP contribution in [0, 0.1) is 0 Å². The summed E-state index contributed by atoms with van der Waals surface area (Å²) in [4.78, 5) is 23.3. The number of nitrogens with two attached hydrogens (primary N) is 1. The van der Waals surface area contributed by atoms with E-state index in [1.807, 2.05) is 6.07 Å². The molecule has 0 saturated heterocycles. The van der Waals surface area contributed by atoms with Crippen LogP contribution in [-0.4, -0.2) is 44.4 Å². The van der Waals surface area contributed by atoms with Gasteiger partial charge in [0.05, 0.1) is 10.6 Å². The number of hydrogen-bond donors (Lipinski definition) is 2. The molecule has 0 unspecified atom stereocenters. The first kappa shape index (κ1) is 20.9. The third-order valence-corrected chi connectivity index (χ3v) is 6.45. The van der Waals surface area contributed by atoms with E-state index in [1.165, 1.54) is 25.9 Å². The van der Waals surface area contributed by atoms with Gasteiger partial charge in [0, 0.05) is 31.1 Å². The number of rotatable bonds is 8. The minimum atomic E-state index is -3.48. The van der Waals surface area contributed by atoms with Crippen molar-refractivity contribution in [2.75, 3.05) is 25.2 Å². The fourth-order valence-corrected chi connectivity index (χ4v) is 3.93. The predicted octanol–water partition coefficient (Wildman–Crippen LogP) is 1.91. The van der Waals surface area contributed by atoms with E-state index in [0.717, 1.165) is 9.87 Å². The van der Waals surface area contributed by atoms with E-state index < -0.39 is 15.9 Å². The van der Waals surface area contributed by atoms with Crippen LogP contribution in [0.15, 0.2) is 53.4 Å². The summed E-state index contributed by atoms with van der Waals surface area (Å²) in [5.41, 5.74) is 6.94. The first-order valence-electron chi connectivity index (χ1n) is 7.99. The summed E-state index contributed by atoms with van der Waals surface area (Å²) in [5.74, 6) is -0.00149. The number of thioether (sulfide) groups is 1. The zero-order valence-corrected chi connectivity index (χ0v) is 16.6. The Morgan fingerprint density at radius 1 is 1.11 bits per heavy atom.